The molecule has 0 fully saturated rings. The van der Waals surface area contributed by atoms with Crippen LogP contribution in [0.2, 0.25) is 0 Å². The Labute approximate surface area is 86.8 Å². The first kappa shape index (κ1) is 11.0. The molecule has 0 aliphatic carbocycles. The summed E-state index contributed by atoms with van der Waals surface area (Å²) in [5, 5.41) is 3.31. The molecule has 1 N–H and O–H groups in total. The monoisotopic (exact) mass is 189 g/mol. The molecule has 0 aliphatic heterocycles. The number of aryl methyl sites for hydroxylation is 1. The fourth-order valence-corrected chi connectivity index (χ4v) is 1.32. The Morgan fingerprint density at radius 1 is 1.29 bits per heavy atom. The first-order chi connectivity index (χ1) is 6.72. The lowest BCUT2D eigenvalue weighted by Crippen LogP contribution is -2.14. The van der Waals surface area contributed by atoms with Crippen LogP contribution in [0.15, 0.2) is 29.8 Å². The molecule has 0 heterocycles. The first-order valence-electron chi connectivity index (χ1n) is 5.17. The fraction of sp³-hybridized carbons (Fsp3) is 0.385. The van der Waals surface area contributed by atoms with E-state index in [0.29, 0.717) is 0 Å². The number of hydrogen-bond acceptors (Lipinski definition) is 1. The summed E-state index contributed by atoms with van der Waals surface area (Å²) in [6.07, 6.45) is 2.22. The predicted molar refractivity (Wildman–Crippen MR) is 63.4 cm³/mol. The van der Waals surface area contributed by atoms with Crippen molar-refractivity contribution in [3.63, 3.8) is 0 Å². The van der Waals surface area contributed by atoms with Gasteiger partial charge in [0.25, 0.3) is 0 Å². The average Bonchev–Trinajstić information content (AvgIpc) is 2.18. The van der Waals surface area contributed by atoms with E-state index >= 15 is 0 Å². The summed E-state index contributed by atoms with van der Waals surface area (Å²) in [5.41, 5.74) is 3.97. The molecule has 76 valence electrons. The molecule has 1 heteroatoms. The van der Waals surface area contributed by atoms with Crippen molar-refractivity contribution in [2.45, 2.75) is 20.8 Å². The second-order valence-corrected chi connectivity index (χ2v) is 3.68. The minimum absolute atomic E-state index is 0.977. The lowest BCUT2D eigenvalue weighted by atomic mass is 10.1. The third-order valence-corrected chi connectivity index (χ3v) is 2.14. The van der Waals surface area contributed by atoms with Crippen molar-refractivity contribution < 1.29 is 0 Å². The van der Waals surface area contributed by atoms with E-state index in [1.54, 1.807) is 0 Å². The van der Waals surface area contributed by atoms with Crippen molar-refractivity contribution in [3.8, 4) is 0 Å². The lowest BCUT2D eigenvalue weighted by molar-refractivity contribution is 0.778. The maximum Gasteiger partial charge on any atom is 0.0165 e. The zero-order valence-electron chi connectivity index (χ0n) is 9.30. The summed E-state index contributed by atoms with van der Waals surface area (Å²) in [4.78, 5) is 0. The Bertz CT molecular complexity index is 296. The van der Waals surface area contributed by atoms with Gasteiger partial charge in [0.15, 0.2) is 0 Å². The van der Waals surface area contributed by atoms with E-state index in [-0.39, 0.29) is 0 Å². The Kier molecular flexibility index (Phi) is 4.41. The SMILES string of the molecule is CCNCC(C)=Cc1ccc(C)cc1. The molecule has 1 rings (SSSR count). The summed E-state index contributed by atoms with van der Waals surface area (Å²) < 4.78 is 0. The Morgan fingerprint density at radius 3 is 2.50 bits per heavy atom. The van der Waals surface area contributed by atoms with Gasteiger partial charge >= 0.3 is 0 Å². The van der Waals surface area contributed by atoms with Gasteiger partial charge in [0, 0.05) is 6.54 Å². The van der Waals surface area contributed by atoms with E-state index in [4.69, 9.17) is 0 Å². The number of nitrogens with one attached hydrogen (secondary N) is 1. The highest BCUT2D eigenvalue weighted by Gasteiger charge is 1.90. The highest BCUT2D eigenvalue weighted by molar-refractivity contribution is 5.52. The first-order valence-corrected chi connectivity index (χ1v) is 5.17. The molecule has 0 saturated carbocycles. The summed E-state index contributed by atoms with van der Waals surface area (Å²) in [6, 6.07) is 8.61. The molecule has 1 aromatic carbocycles. The lowest BCUT2D eigenvalue weighted by Gasteiger charge is -2.02. The molecular formula is C13H19N. The van der Waals surface area contributed by atoms with E-state index in [2.05, 4.69) is 56.4 Å². The van der Waals surface area contributed by atoms with Crippen LogP contribution in [0.5, 0.6) is 0 Å². The van der Waals surface area contributed by atoms with E-state index in [1.165, 1.54) is 16.7 Å². The highest BCUT2D eigenvalue weighted by Crippen LogP contribution is 2.07. The van der Waals surface area contributed by atoms with Gasteiger partial charge in [-0.1, -0.05) is 48.4 Å². The summed E-state index contributed by atoms with van der Waals surface area (Å²) >= 11 is 0. The average molecular weight is 189 g/mol. The van der Waals surface area contributed by atoms with Crippen molar-refractivity contribution in [1.82, 2.24) is 5.32 Å². The van der Waals surface area contributed by atoms with Gasteiger partial charge in [0.2, 0.25) is 0 Å². The van der Waals surface area contributed by atoms with Gasteiger partial charge < -0.3 is 5.32 Å². The number of likely N-dealkylation sites (N-methyl/N-ethyl adjacent to an activating group) is 1. The Morgan fingerprint density at radius 2 is 1.93 bits per heavy atom. The van der Waals surface area contributed by atoms with Gasteiger partial charge in [0.05, 0.1) is 0 Å². The normalized spacial score (nSPS) is 11.8. The van der Waals surface area contributed by atoms with Gasteiger partial charge in [-0.05, 0) is 26.0 Å². The van der Waals surface area contributed by atoms with E-state index in [1.807, 2.05) is 0 Å². The van der Waals surface area contributed by atoms with Crippen LogP contribution in [0.25, 0.3) is 6.08 Å². The van der Waals surface area contributed by atoms with Gasteiger partial charge in [-0.3, -0.25) is 0 Å². The van der Waals surface area contributed by atoms with Gasteiger partial charge in [-0.2, -0.15) is 0 Å². The second kappa shape index (κ2) is 5.61. The highest BCUT2D eigenvalue weighted by atomic mass is 14.8. The minimum atomic E-state index is 0.977. The van der Waals surface area contributed by atoms with Crippen molar-refractivity contribution in [3.05, 3.63) is 41.0 Å². The van der Waals surface area contributed by atoms with Gasteiger partial charge in [-0.15, -0.1) is 0 Å². The largest absolute Gasteiger partial charge is 0.313 e. The summed E-state index contributed by atoms with van der Waals surface area (Å²) in [6.45, 7) is 8.39. The van der Waals surface area contributed by atoms with Crippen LogP contribution in [0, 0.1) is 6.92 Å². The third-order valence-electron chi connectivity index (χ3n) is 2.14. The van der Waals surface area contributed by atoms with Crippen LogP contribution in [0.3, 0.4) is 0 Å². The van der Waals surface area contributed by atoms with Crippen LogP contribution in [-0.4, -0.2) is 13.1 Å². The molecule has 0 aliphatic rings. The molecule has 0 atom stereocenters. The van der Waals surface area contributed by atoms with Crippen molar-refractivity contribution >= 4 is 6.08 Å². The topological polar surface area (TPSA) is 12.0 Å². The molecule has 0 aromatic heterocycles. The summed E-state index contributed by atoms with van der Waals surface area (Å²) in [7, 11) is 0. The van der Waals surface area contributed by atoms with Crippen LogP contribution in [-0.2, 0) is 0 Å². The predicted octanol–water partition coefficient (Wildman–Crippen LogP) is 3.01. The smallest absolute Gasteiger partial charge is 0.0165 e. The molecule has 0 spiro atoms. The maximum absolute atomic E-state index is 3.31. The number of rotatable bonds is 4. The molecule has 0 saturated heterocycles. The zero-order chi connectivity index (χ0) is 10.4. The molecule has 0 unspecified atom stereocenters. The maximum atomic E-state index is 3.31. The molecule has 0 radical (unpaired) electrons. The minimum Gasteiger partial charge on any atom is -0.313 e. The van der Waals surface area contributed by atoms with Crippen molar-refractivity contribution in [2.75, 3.05) is 13.1 Å². The zero-order valence-corrected chi connectivity index (χ0v) is 9.30. The van der Waals surface area contributed by atoms with Gasteiger partial charge in [-0.25, -0.2) is 0 Å². The van der Waals surface area contributed by atoms with Crippen molar-refractivity contribution in [2.24, 2.45) is 0 Å². The number of hydrogen-bond donors (Lipinski definition) is 1. The second-order valence-electron chi connectivity index (χ2n) is 3.68. The van der Waals surface area contributed by atoms with Crippen molar-refractivity contribution in [1.29, 1.82) is 0 Å². The Hall–Kier alpha value is -1.08. The molecular weight excluding hydrogens is 170 g/mol. The third kappa shape index (κ3) is 3.75. The molecule has 1 nitrogen and oxygen atoms in total. The van der Waals surface area contributed by atoms with E-state index in [0.717, 1.165) is 13.1 Å². The Balaban J connectivity index is 2.61. The quantitative estimate of drug-likeness (QED) is 0.767. The van der Waals surface area contributed by atoms with Crippen LogP contribution >= 0.6 is 0 Å². The van der Waals surface area contributed by atoms with Crippen LogP contribution < -0.4 is 5.32 Å². The van der Waals surface area contributed by atoms with E-state index < -0.39 is 0 Å². The molecule has 1 aromatic rings. The molecule has 0 amide bonds. The molecule has 14 heavy (non-hydrogen) atoms. The van der Waals surface area contributed by atoms with Gasteiger partial charge in [0.1, 0.15) is 0 Å². The van der Waals surface area contributed by atoms with Crippen LogP contribution in [0.1, 0.15) is 25.0 Å². The molecule has 0 bridgehead atoms. The fourth-order valence-electron chi connectivity index (χ4n) is 1.32. The van der Waals surface area contributed by atoms with Crippen LogP contribution in [0.4, 0.5) is 0 Å². The summed E-state index contributed by atoms with van der Waals surface area (Å²) in [5.74, 6) is 0. The number of benzene rings is 1. The van der Waals surface area contributed by atoms with E-state index in [9.17, 15) is 0 Å². The standard InChI is InChI=1S/C13H19N/c1-4-14-10-12(3)9-13-7-5-11(2)6-8-13/h5-9,14H,4,10H2,1-3H3.